The van der Waals surface area contributed by atoms with Gasteiger partial charge in [0.1, 0.15) is 18.2 Å². The van der Waals surface area contributed by atoms with Crippen molar-refractivity contribution in [3.05, 3.63) is 29.6 Å². The first-order valence-electron chi connectivity index (χ1n) is 4.61. The Bertz CT molecular complexity index is 338. The van der Waals surface area contributed by atoms with Crippen molar-refractivity contribution in [1.82, 2.24) is 5.32 Å². The van der Waals surface area contributed by atoms with E-state index in [0.29, 0.717) is 5.56 Å². The van der Waals surface area contributed by atoms with Gasteiger partial charge in [0.2, 0.25) is 0 Å². The molecule has 1 rings (SSSR count). The molecule has 1 aromatic carbocycles. The summed E-state index contributed by atoms with van der Waals surface area (Å²) < 4.78 is 37.9. The molecule has 16 heavy (non-hydrogen) atoms. The zero-order valence-corrected chi connectivity index (χ0v) is 8.38. The van der Waals surface area contributed by atoms with E-state index in [1.165, 1.54) is 6.07 Å². The Morgan fingerprint density at radius 3 is 2.50 bits per heavy atom. The first kappa shape index (κ1) is 12.8. The lowest BCUT2D eigenvalue weighted by molar-refractivity contribution is -0.0477. The molecule has 0 aliphatic rings. The van der Waals surface area contributed by atoms with E-state index >= 15 is 0 Å². The predicted octanol–water partition coefficient (Wildman–Crippen LogP) is 1.25. The third kappa shape index (κ3) is 4.08. The number of hydrogen-bond donors (Lipinski definition) is 3. The van der Waals surface area contributed by atoms with Crippen molar-refractivity contribution in [1.29, 1.82) is 0 Å². The number of phenols is 1. The number of phenolic OH excluding ortho intramolecular Hbond substituents is 1. The fourth-order valence-electron chi connectivity index (χ4n) is 1.18. The van der Waals surface area contributed by atoms with Crippen molar-refractivity contribution in [3.8, 4) is 5.75 Å². The number of hydrogen-bond acceptors (Lipinski definition) is 3. The molecule has 0 radical (unpaired) electrons. The second kappa shape index (κ2) is 5.18. The maximum absolute atomic E-state index is 12.8. The highest BCUT2D eigenvalue weighted by atomic mass is 19.3. The van der Waals surface area contributed by atoms with E-state index in [-0.39, 0.29) is 12.3 Å². The summed E-state index contributed by atoms with van der Waals surface area (Å²) in [6, 6.07) is 3.32. The van der Waals surface area contributed by atoms with Gasteiger partial charge in [-0.15, -0.1) is 0 Å². The summed E-state index contributed by atoms with van der Waals surface area (Å²) in [7, 11) is 0. The molecule has 0 saturated carbocycles. The molecule has 0 atom stereocenters. The highest BCUT2D eigenvalue weighted by Crippen LogP contribution is 2.15. The van der Waals surface area contributed by atoms with Gasteiger partial charge in [0.05, 0.1) is 6.54 Å². The molecule has 1 aromatic rings. The van der Waals surface area contributed by atoms with Crippen molar-refractivity contribution in [2.45, 2.75) is 12.5 Å². The van der Waals surface area contributed by atoms with Crippen LogP contribution >= 0.6 is 0 Å². The van der Waals surface area contributed by atoms with Gasteiger partial charge in [-0.3, -0.25) is 0 Å². The van der Waals surface area contributed by atoms with Gasteiger partial charge in [0.25, 0.3) is 5.92 Å². The number of aliphatic hydroxyl groups excluding tert-OH is 1. The fraction of sp³-hybridized carbons (Fsp3) is 0.400. The number of aromatic hydroxyl groups is 1. The van der Waals surface area contributed by atoms with E-state index in [1.54, 1.807) is 0 Å². The summed E-state index contributed by atoms with van der Waals surface area (Å²) in [5.74, 6) is -4.09. The van der Waals surface area contributed by atoms with Crippen LogP contribution in [0.2, 0.25) is 0 Å². The van der Waals surface area contributed by atoms with Gasteiger partial charge >= 0.3 is 0 Å². The molecule has 0 fully saturated rings. The largest absolute Gasteiger partial charge is 0.508 e. The summed E-state index contributed by atoms with van der Waals surface area (Å²) in [6.07, 6.45) is 0. The third-order valence-electron chi connectivity index (χ3n) is 1.89. The molecule has 0 aromatic heterocycles. The van der Waals surface area contributed by atoms with E-state index in [2.05, 4.69) is 5.32 Å². The van der Waals surface area contributed by atoms with Crippen molar-refractivity contribution in [2.75, 3.05) is 13.2 Å². The summed E-state index contributed by atoms with van der Waals surface area (Å²) in [6.45, 7) is -1.96. The number of nitrogens with one attached hydrogen (secondary N) is 1. The molecule has 3 N–H and O–H groups in total. The first-order valence-corrected chi connectivity index (χ1v) is 4.61. The van der Waals surface area contributed by atoms with Crippen LogP contribution in [0.1, 0.15) is 5.56 Å². The van der Waals surface area contributed by atoms with Crippen LogP contribution in [0.5, 0.6) is 5.75 Å². The molecule has 3 nitrogen and oxygen atoms in total. The minimum Gasteiger partial charge on any atom is -0.508 e. The van der Waals surface area contributed by atoms with Crippen LogP contribution < -0.4 is 5.32 Å². The van der Waals surface area contributed by atoms with E-state index in [1.807, 2.05) is 0 Å². The Morgan fingerprint density at radius 2 is 1.94 bits per heavy atom. The van der Waals surface area contributed by atoms with Crippen molar-refractivity contribution >= 4 is 0 Å². The SMILES string of the molecule is OCC(F)(F)CNCc1cc(O)cc(F)c1. The summed E-state index contributed by atoms with van der Waals surface area (Å²) in [4.78, 5) is 0. The standard InChI is InChI=1S/C10H12F3NO2/c11-8-1-7(2-9(16)3-8)4-14-5-10(12,13)6-15/h1-3,14-16H,4-6H2. The normalized spacial score (nSPS) is 11.8. The summed E-state index contributed by atoms with van der Waals surface area (Å²) in [5, 5.41) is 19.7. The molecule has 0 unspecified atom stereocenters. The van der Waals surface area contributed by atoms with Crippen LogP contribution in [-0.2, 0) is 6.54 Å². The number of halogens is 3. The van der Waals surface area contributed by atoms with Gasteiger partial charge < -0.3 is 15.5 Å². The summed E-state index contributed by atoms with van der Waals surface area (Å²) >= 11 is 0. The number of rotatable bonds is 5. The molecule has 90 valence electrons. The molecule has 0 aliphatic heterocycles. The molecule has 0 heterocycles. The van der Waals surface area contributed by atoms with Crippen LogP contribution in [0.25, 0.3) is 0 Å². The zero-order chi connectivity index (χ0) is 12.2. The quantitative estimate of drug-likeness (QED) is 0.720. The molecule has 0 amide bonds. The Morgan fingerprint density at radius 1 is 1.25 bits per heavy atom. The summed E-state index contributed by atoms with van der Waals surface area (Å²) in [5.41, 5.74) is 0.353. The van der Waals surface area contributed by atoms with Crippen molar-refractivity contribution in [3.63, 3.8) is 0 Å². The molecule has 6 heteroatoms. The molecule has 0 saturated heterocycles. The lowest BCUT2D eigenvalue weighted by Crippen LogP contribution is -2.35. The van der Waals surface area contributed by atoms with Gasteiger partial charge in [-0.2, -0.15) is 0 Å². The van der Waals surface area contributed by atoms with Crippen LogP contribution in [0.4, 0.5) is 13.2 Å². The second-order valence-corrected chi connectivity index (χ2v) is 3.44. The van der Waals surface area contributed by atoms with Crippen molar-refractivity contribution < 1.29 is 23.4 Å². The van der Waals surface area contributed by atoms with Gasteiger partial charge in [0.15, 0.2) is 0 Å². The van der Waals surface area contributed by atoms with E-state index in [0.717, 1.165) is 12.1 Å². The molecule has 0 spiro atoms. The van der Waals surface area contributed by atoms with Gasteiger partial charge in [-0.05, 0) is 17.7 Å². The topological polar surface area (TPSA) is 52.5 Å². The second-order valence-electron chi connectivity index (χ2n) is 3.44. The minimum atomic E-state index is -3.20. The van der Waals surface area contributed by atoms with Gasteiger partial charge in [0, 0.05) is 12.6 Å². The van der Waals surface area contributed by atoms with E-state index in [9.17, 15) is 13.2 Å². The van der Waals surface area contributed by atoms with Crippen LogP contribution in [0.3, 0.4) is 0 Å². The Balaban J connectivity index is 2.49. The van der Waals surface area contributed by atoms with Gasteiger partial charge in [-0.1, -0.05) is 0 Å². The zero-order valence-electron chi connectivity index (χ0n) is 8.38. The van der Waals surface area contributed by atoms with Crippen molar-refractivity contribution in [2.24, 2.45) is 0 Å². The van der Waals surface area contributed by atoms with Gasteiger partial charge in [-0.25, -0.2) is 13.2 Å². The number of benzene rings is 1. The molecule has 0 bridgehead atoms. The Kier molecular flexibility index (Phi) is 4.14. The average Bonchev–Trinajstić information content (AvgIpc) is 2.16. The minimum absolute atomic E-state index is 0.0130. The lowest BCUT2D eigenvalue weighted by Gasteiger charge is -2.13. The number of alkyl halides is 2. The first-order chi connectivity index (χ1) is 7.43. The van der Waals surface area contributed by atoms with E-state index < -0.39 is 24.9 Å². The maximum Gasteiger partial charge on any atom is 0.282 e. The monoisotopic (exact) mass is 235 g/mol. The lowest BCUT2D eigenvalue weighted by atomic mass is 10.2. The fourth-order valence-corrected chi connectivity index (χ4v) is 1.18. The third-order valence-corrected chi connectivity index (χ3v) is 1.89. The van der Waals surface area contributed by atoms with Crippen LogP contribution in [0, 0.1) is 5.82 Å². The highest BCUT2D eigenvalue weighted by Gasteiger charge is 2.26. The smallest absolute Gasteiger partial charge is 0.282 e. The number of aliphatic hydroxyl groups is 1. The Labute approximate surface area is 90.5 Å². The predicted molar refractivity (Wildman–Crippen MR) is 51.8 cm³/mol. The van der Waals surface area contributed by atoms with Crippen LogP contribution in [0.15, 0.2) is 18.2 Å². The molecular weight excluding hydrogens is 223 g/mol. The molecular formula is C10H12F3NO2. The van der Waals surface area contributed by atoms with E-state index in [4.69, 9.17) is 10.2 Å². The highest BCUT2D eigenvalue weighted by molar-refractivity contribution is 5.28. The van der Waals surface area contributed by atoms with Crippen LogP contribution in [-0.4, -0.2) is 29.3 Å². The Hall–Kier alpha value is -1.27. The molecule has 0 aliphatic carbocycles. The maximum atomic E-state index is 12.8. The average molecular weight is 235 g/mol.